The van der Waals surface area contributed by atoms with Crippen LogP contribution in [0.2, 0.25) is 0 Å². The molecule has 11 aromatic rings. The van der Waals surface area contributed by atoms with E-state index in [-0.39, 0.29) is 0 Å². The first kappa shape index (κ1) is 28.0. The second kappa shape index (κ2) is 10.8. The van der Waals surface area contributed by atoms with E-state index in [2.05, 4.69) is 179 Å². The highest BCUT2D eigenvalue weighted by Gasteiger charge is 2.17. The summed E-state index contributed by atoms with van der Waals surface area (Å²) in [6.45, 7) is 0. The van der Waals surface area contributed by atoms with Gasteiger partial charge in [-0.15, -0.1) is 0 Å². The van der Waals surface area contributed by atoms with Gasteiger partial charge in [-0.05, 0) is 82.9 Å². The summed E-state index contributed by atoms with van der Waals surface area (Å²) in [5, 5.41) is 7.27. The van der Waals surface area contributed by atoms with E-state index in [1.807, 2.05) is 12.1 Å². The Labute approximate surface area is 293 Å². The number of benzene rings is 8. The lowest BCUT2D eigenvalue weighted by atomic mass is 9.97. The Balaban J connectivity index is 1.10. The van der Waals surface area contributed by atoms with Gasteiger partial charge >= 0.3 is 0 Å². The van der Waals surface area contributed by atoms with E-state index >= 15 is 0 Å². The van der Waals surface area contributed by atoms with Gasteiger partial charge in [-0.25, -0.2) is 0 Å². The molecule has 0 unspecified atom stereocenters. The van der Waals surface area contributed by atoms with Crippen LogP contribution < -0.4 is 0 Å². The van der Waals surface area contributed by atoms with Gasteiger partial charge in [0.15, 0.2) is 0 Å². The van der Waals surface area contributed by atoms with Crippen LogP contribution >= 0.6 is 0 Å². The van der Waals surface area contributed by atoms with Crippen molar-refractivity contribution in [1.82, 2.24) is 9.13 Å². The van der Waals surface area contributed by atoms with Crippen LogP contribution in [0, 0.1) is 0 Å². The Morgan fingerprint density at radius 1 is 0.275 bits per heavy atom. The topological polar surface area (TPSA) is 23.0 Å². The molecular weight excluding hydrogens is 621 g/mol. The fraction of sp³-hybridized carbons (Fsp3) is 0. The van der Waals surface area contributed by atoms with Crippen molar-refractivity contribution < 1.29 is 4.42 Å². The van der Waals surface area contributed by atoms with Crippen molar-refractivity contribution in [2.75, 3.05) is 0 Å². The van der Waals surface area contributed by atoms with E-state index in [0.29, 0.717) is 0 Å². The zero-order valence-corrected chi connectivity index (χ0v) is 27.6. The first-order valence-corrected chi connectivity index (χ1v) is 17.4. The molecular formula is C48H30N2O. The van der Waals surface area contributed by atoms with Crippen molar-refractivity contribution >= 4 is 65.6 Å². The van der Waals surface area contributed by atoms with E-state index in [9.17, 15) is 0 Å². The Bertz CT molecular complexity index is 3070. The quantitative estimate of drug-likeness (QED) is 0.186. The van der Waals surface area contributed by atoms with Crippen LogP contribution in [-0.2, 0) is 0 Å². The number of hydrogen-bond acceptors (Lipinski definition) is 1. The molecule has 0 aliphatic rings. The van der Waals surface area contributed by atoms with Gasteiger partial charge in [0, 0.05) is 49.8 Å². The molecule has 51 heavy (non-hydrogen) atoms. The Hall–Kier alpha value is -6.84. The predicted molar refractivity (Wildman–Crippen MR) is 213 cm³/mol. The van der Waals surface area contributed by atoms with E-state index in [1.165, 1.54) is 60.3 Å². The van der Waals surface area contributed by atoms with E-state index in [0.717, 1.165) is 38.8 Å². The Kier molecular flexibility index (Phi) is 5.96. The summed E-state index contributed by atoms with van der Waals surface area (Å²) < 4.78 is 11.1. The number of furan rings is 1. The maximum Gasteiger partial charge on any atom is 0.137 e. The largest absolute Gasteiger partial charge is 0.456 e. The van der Waals surface area contributed by atoms with Crippen LogP contribution in [0.5, 0.6) is 0 Å². The van der Waals surface area contributed by atoms with Crippen LogP contribution in [0.1, 0.15) is 0 Å². The fourth-order valence-electron chi connectivity index (χ4n) is 8.17. The molecule has 0 atom stereocenters. The molecule has 0 amide bonds. The Morgan fingerprint density at radius 2 is 0.784 bits per heavy atom. The lowest BCUT2D eigenvalue weighted by Gasteiger charge is -2.15. The molecule has 0 saturated heterocycles. The zero-order chi connectivity index (χ0) is 33.5. The first-order chi connectivity index (χ1) is 25.3. The summed E-state index contributed by atoms with van der Waals surface area (Å²) in [4.78, 5) is 0. The van der Waals surface area contributed by atoms with Crippen LogP contribution in [0.15, 0.2) is 186 Å². The third-order valence-corrected chi connectivity index (χ3v) is 10.5. The molecule has 3 aromatic heterocycles. The number of aromatic nitrogens is 2. The van der Waals surface area contributed by atoms with Crippen LogP contribution in [0.3, 0.4) is 0 Å². The Morgan fingerprint density at radius 3 is 1.43 bits per heavy atom. The van der Waals surface area contributed by atoms with Crippen molar-refractivity contribution in [1.29, 1.82) is 0 Å². The van der Waals surface area contributed by atoms with Crippen LogP contribution in [-0.4, -0.2) is 9.13 Å². The maximum atomic E-state index is 6.35. The van der Waals surface area contributed by atoms with Crippen molar-refractivity contribution in [3.8, 4) is 33.6 Å². The van der Waals surface area contributed by atoms with Gasteiger partial charge in [-0.1, -0.05) is 115 Å². The van der Waals surface area contributed by atoms with Gasteiger partial charge in [-0.2, -0.15) is 0 Å². The number of fused-ring (bicyclic) bond motifs is 9. The SMILES string of the molecule is c1ccc(-c2cc(-c3ccc(-n4c5ccccc5c5cc6c(cc54)oc4ccccc46)cc3)cc(-n3c4ccccc4c4ccccc43)c2)cc1. The second-order valence-electron chi connectivity index (χ2n) is 13.4. The number of hydrogen-bond donors (Lipinski definition) is 0. The summed E-state index contributed by atoms with van der Waals surface area (Å²) in [6, 6.07) is 65.6. The molecule has 0 aliphatic heterocycles. The predicted octanol–water partition coefficient (Wildman–Crippen LogP) is 13.1. The van der Waals surface area contributed by atoms with Gasteiger partial charge in [-0.3, -0.25) is 0 Å². The summed E-state index contributed by atoms with van der Waals surface area (Å²) >= 11 is 0. The summed E-state index contributed by atoms with van der Waals surface area (Å²) in [5.74, 6) is 0. The third-order valence-electron chi connectivity index (χ3n) is 10.5. The molecule has 0 spiro atoms. The second-order valence-corrected chi connectivity index (χ2v) is 13.4. The smallest absolute Gasteiger partial charge is 0.137 e. The highest BCUT2D eigenvalue weighted by molar-refractivity contribution is 6.17. The molecule has 0 radical (unpaired) electrons. The standard InChI is InChI=1S/C48H30N2O/c1-2-12-31(13-3-1)33-26-34(28-36(27-33)50-43-18-8-4-14-37(43)38-15-5-9-19-44(38)50)32-22-24-35(25-23-32)49-45-20-10-6-16-39(45)41-29-42-40-17-7-11-21-47(40)51-48(42)30-46(41)49/h1-30H. The molecule has 3 heteroatoms. The van der Waals surface area contributed by atoms with E-state index in [4.69, 9.17) is 4.42 Å². The minimum atomic E-state index is 0.902. The molecule has 0 N–H and O–H groups in total. The molecule has 8 aromatic carbocycles. The van der Waals surface area contributed by atoms with Crippen LogP contribution in [0.4, 0.5) is 0 Å². The van der Waals surface area contributed by atoms with Crippen molar-refractivity contribution in [3.05, 3.63) is 182 Å². The fourth-order valence-corrected chi connectivity index (χ4v) is 8.17. The van der Waals surface area contributed by atoms with Gasteiger partial charge < -0.3 is 13.6 Å². The van der Waals surface area contributed by atoms with Gasteiger partial charge in [0.2, 0.25) is 0 Å². The highest BCUT2D eigenvalue weighted by atomic mass is 16.3. The van der Waals surface area contributed by atoms with E-state index in [1.54, 1.807) is 0 Å². The van der Waals surface area contributed by atoms with E-state index < -0.39 is 0 Å². The zero-order valence-electron chi connectivity index (χ0n) is 27.6. The van der Waals surface area contributed by atoms with Gasteiger partial charge in [0.25, 0.3) is 0 Å². The molecule has 0 fully saturated rings. The minimum absolute atomic E-state index is 0.902. The molecule has 0 saturated carbocycles. The van der Waals surface area contributed by atoms with Gasteiger partial charge in [0.05, 0.1) is 22.1 Å². The number of para-hydroxylation sites is 4. The maximum absolute atomic E-state index is 6.35. The normalized spacial score (nSPS) is 11.9. The monoisotopic (exact) mass is 650 g/mol. The average Bonchev–Trinajstić information content (AvgIpc) is 3.84. The van der Waals surface area contributed by atoms with Crippen molar-refractivity contribution in [2.24, 2.45) is 0 Å². The molecule has 0 aliphatic carbocycles. The molecule has 3 nitrogen and oxygen atoms in total. The summed E-state index contributed by atoms with van der Waals surface area (Å²) in [6.07, 6.45) is 0. The lowest BCUT2D eigenvalue weighted by Crippen LogP contribution is -1.96. The summed E-state index contributed by atoms with van der Waals surface area (Å²) in [5.41, 5.74) is 13.5. The highest BCUT2D eigenvalue weighted by Crippen LogP contribution is 2.40. The number of nitrogens with zero attached hydrogens (tertiary/aromatic N) is 2. The summed E-state index contributed by atoms with van der Waals surface area (Å²) in [7, 11) is 0. The average molecular weight is 651 g/mol. The molecule has 0 bridgehead atoms. The van der Waals surface area contributed by atoms with Crippen molar-refractivity contribution in [2.45, 2.75) is 0 Å². The lowest BCUT2D eigenvalue weighted by molar-refractivity contribution is 0.669. The minimum Gasteiger partial charge on any atom is -0.456 e. The molecule has 11 rings (SSSR count). The molecule has 3 heterocycles. The van der Waals surface area contributed by atoms with Crippen molar-refractivity contribution in [3.63, 3.8) is 0 Å². The number of rotatable bonds is 4. The third kappa shape index (κ3) is 4.25. The van der Waals surface area contributed by atoms with Crippen LogP contribution in [0.25, 0.3) is 99.2 Å². The van der Waals surface area contributed by atoms with Gasteiger partial charge in [0.1, 0.15) is 11.2 Å². The first-order valence-electron chi connectivity index (χ1n) is 17.4. The molecule has 238 valence electrons.